The summed E-state index contributed by atoms with van der Waals surface area (Å²) in [5.41, 5.74) is 0. The number of ether oxygens (including phenoxy) is 6. The first-order chi connectivity index (χ1) is 32.0. The van der Waals surface area contributed by atoms with E-state index in [0.717, 1.165) is 44.9 Å². The van der Waals surface area contributed by atoms with Crippen LogP contribution in [0.1, 0.15) is 193 Å². The number of aliphatic hydroxyl groups is 7. The van der Waals surface area contributed by atoms with Crippen LogP contribution >= 0.6 is 0 Å². The number of allylic oxidation sites excluding steroid dienone is 3. The number of carbonyl (C=O) groups is 2. The van der Waals surface area contributed by atoms with Crippen molar-refractivity contribution in [1.29, 1.82) is 0 Å². The third-order valence-electron chi connectivity index (χ3n) is 12.5. The molecule has 0 aromatic carbocycles. The van der Waals surface area contributed by atoms with Gasteiger partial charge in [-0.3, -0.25) is 9.59 Å². The maximum atomic E-state index is 13.0. The summed E-state index contributed by atoms with van der Waals surface area (Å²) >= 11 is 0. The third kappa shape index (κ3) is 26.7. The fraction of sp³-hybridized carbons (Fsp3) is 0.882. The quantitative estimate of drug-likeness (QED) is 0.0183. The van der Waals surface area contributed by atoms with Gasteiger partial charge in [-0.2, -0.15) is 0 Å². The van der Waals surface area contributed by atoms with Gasteiger partial charge in [-0.15, -0.1) is 6.58 Å². The Labute approximate surface area is 396 Å². The summed E-state index contributed by atoms with van der Waals surface area (Å²) in [6, 6.07) is 0. The highest BCUT2D eigenvalue weighted by atomic mass is 16.7. The monoisotopic (exact) mass is 945 g/mol. The molecule has 2 saturated heterocycles. The number of unbranched alkanes of at least 4 members (excludes halogenated alkanes) is 24. The molecule has 0 bridgehead atoms. The van der Waals surface area contributed by atoms with Crippen molar-refractivity contribution in [2.75, 3.05) is 26.4 Å². The molecule has 11 atom stereocenters. The Morgan fingerprint density at radius 3 is 1.47 bits per heavy atom. The van der Waals surface area contributed by atoms with E-state index in [1.807, 2.05) is 6.08 Å². The van der Waals surface area contributed by atoms with Crippen molar-refractivity contribution >= 4 is 11.9 Å². The average molecular weight is 945 g/mol. The fourth-order valence-corrected chi connectivity index (χ4v) is 8.25. The number of rotatable bonds is 41. The SMILES string of the molecule is C=CCCCCCCCCCCCCCCCC(=O)OC[C@H](CO[C@@H]1O[C@H](CO[C@@H]2O[C@H](CO)[C@H](O)C(O)C2O)[C@H](O)C(O)C1O)OC(=O)CCCC/C=C/CCCCCCCCCCC. The Kier molecular flexibility index (Phi) is 35.3. The largest absolute Gasteiger partial charge is 0.462 e. The zero-order chi connectivity index (χ0) is 48.2. The van der Waals surface area contributed by atoms with E-state index < -0.39 is 92.7 Å². The lowest BCUT2D eigenvalue weighted by Gasteiger charge is -2.42. The van der Waals surface area contributed by atoms with Crippen molar-refractivity contribution in [1.82, 2.24) is 0 Å². The third-order valence-corrected chi connectivity index (χ3v) is 12.5. The topological polar surface area (TPSA) is 231 Å². The van der Waals surface area contributed by atoms with Gasteiger partial charge < -0.3 is 64.2 Å². The fourth-order valence-electron chi connectivity index (χ4n) is 8.25. The van der Waals surface area contributed by atoms with Crippen LogP contribution in [0.25, 0.3) is 0 Å². The molecule has 386 valence electrons. The van der Waals surface area contributed by atoms with E-state index in [0.29, 0.717) is 12.8 Å². The molecule has 15 heteroatoms. The van der Waals surface area contributed by atoms with E-state index in [1.54, 1.807) is 0 Å². The molecule has 7 N–H and O–H groups in total. The van der Waals surface area contributed by atoms with Crippen molar-refractivity contribution in [2.24, 2.45) is 0 Å². The Morgan fingerprint density at radius 1 is 0.515 bits per heavy atom. The Bertz CT molecular complexity index is 1240. The van der Waals surface area contributed by atoms with E-state index in [9.17, 15) is 45.3 Å². The van der Waals surface area contributed by atoms with E-state index in [4.69, 9.17) is 28.4 Å². The van der Waals surface area contributed by atoms with Gasteiger partial charge in [-0.1, -0.05) is 147 Å². The molecule has 2 aliphatic heterocycles. The summed E-state index contributed by atoms with van der Waals surface area (Å²) in [5.74, 6) is -0.948. The average Bonchev–Trinajstić information content (AvgIpc) is 3.31. The molecule has 0 radical (unpaired) electrons. The van der Waals surface area contributed by atoms with E-state index >= 15 is 0 Å². The van der Waals surface area contributed by atoms with Crippen LogP contribution in [-0.4, -0.2) is 142 Å². The van der Waals surface area contributed by atoms with Gasteiger partial charge in [-0.25, -0.2) is 0 Å². The summed E-state index contributed by atoms with van der Waals surface area (Å²) in [6.07, 6.45) is 21.0. The van der Waals surface area contributed by atoms with Crippen molar-refractivity contribution in [3.8, 4) is 0 Å². The second-order valence-electron chi connectivity index (χ2n) is 18.4. The molecule has 2 heterocycles. The predicted molar refractivity (Wildman–Crippen MR) is 252 cm³/mol. The molecule has 0 saturated carbocycles. The van der Waals surface area contributed by atoms with Gasteiger partial charge in [0.05, 0.1) is 19.8 Å². The van der Waals surface area contributed by atoms with Crippen LogP contribution < -0.4 is 0 Å². The minimum Gasteiger partial charge on any atom is -0.462 e. The van der Waals surface area contributed by atoms with E-state index in [1.165, 1.54) is 116 Å². The summed E-state index contributed by atoms with van der Waals surface area (Å²) in [7, 11) is 0. The normalized spacial score (nSPS) is 26.1. The molecule has 0 aromatic heterocycles. The maximum Gasteiger partial charge on any atom is 0.306 e. The first-order valence-electron chi connectivity index (χ1n) is 25.9. The first-order valence-corrected chi connectivity index (χ1v) is 25.9. The molecule has 2 rings (SSSR count). The van der Waals surface area contributed by atoms with Crippen molar-refractivity contribution in [2.45, 2.75) is 261 Å². The van der Waals surface area contributed by atoms with Gasteiger partial charge in [0.2, 0.25) is 0 Å². The minimum absolute atomic E-state index is 0.137. The van der Waals surface area contributed by atoms with Gasteiger partial charge in [0.25, 0.3) is 0 Å². The van der Waals surface area contributed by atoms with Gasteiger partial charge in [-0.05, 0) is 51.4 Å². The number of esters is 2. The van der Waals surface area contributed by atoms with Crippen molar-refractivity contribution in [3.05, 3.63) is 24.8 Å². The molecule has 0 spiro atoms. The Balaban J connectivity index is 1.81. The lowest BCUT2D eigenvalue weighted by molar-refractivity contribution is -0.332. The lowest BCUT2D eigenvalue weighted by atomic mass is 9.98. The second kappa shape index (κ2) is 38.8. The number of hydrogen-bond donors (Lipinski definition) is 7. The smallest absolute Gasteiger partial charge is 0.306 e. The molecular weight excluding hydrogens is 853 g/mol. The lowest BCUT2D eigenvalue weighted by Crippen LogP contribution is -2.61. The molecule has 2 aliphatic rings. The highest BCUT2D eigenvalue weighted by Gasteiger charge is 2.47. The maximum absolute atomic E-state index is 13.0. The molecular formula is C51H92O15. The van der Waals surface area contributed by atoms with Crippen LogP contribution in [0.2, 0.25) is 0 Å². The molecule has 0 aliphatic carbocycles. The summed E-state index contributed by atoms with van der Waals surface area (Å²) in [6.45, 7) is 4.11. The van der Waals surface area contributed by atoms with Crippen LogP contribution in [0, 0.1) is 0 Å². The molecule has 15 nitrogen and oxygen atoms in total. The van der Waals surface area contributed by atoms with E-state index in [2.05, 4.69) is 25.7 Å². The number of carbonyl (C=O) groups excluding carboxylic acids is 2. The van der Waals surface area contributed by atoms with Crippen LogP contribution in [0.3, 0.4) is 0 Å². The first kappa shape index (κ1) is 60.1. The van der Waals surface area contributed by atoms with Gasteiger partial charge in [0, 0.05) is 12.8 Å². The predicted octanol–water partition coefficient (Wildman–Crippen LogP) is 7.16. The van der Waals surface area contributed by atoms with Gasteiger partial charge in [0.1, 0.15) is 55.4 Å². The minimum atomic E-state index is -1.77. The Hall–Kier alpha value is -2.02. The highest BCUT2D eigenvalue weighted by Crippen LogP contribution is 2.26. The van der Waals surface area contributed by atoms with Crippen molar-refractivity contribution < 1.29 is 73.8 Å². The molecule has 4 unspecified atom stereocenters. The molecule has 0 amide bonds. The van der Waals surface area contributed by atoms with Crippen LogP contribution in [-0.2, 0) is 38.0 Å². The number of aliphatic hydroxyl groups excluding tert-OH is 7. The van der Waals surface area contributed by atoms with Crippen LogP contribution in [0.15, 0.2) is 24.8 Å². The summed E-state index contributed by atoms with van der Waals surface area (Å²) in [5, 5.41) is 72.0. The summed E-state index contributed by atoms with van der Waals surface area (Å²) < 4.78 is 33.5. The second-order valence-corrected chi connectivity index (χ2v) is 18.4. The standard InChI is InChI=1S/C51H92O15/c1-3-5-7-9-11-13-15-17-19-21-23-25-27-29-31-33-42(53)61-36-39(64-43(54)34-32-30-28-26-24-22-20-18-16-14-12-10-8-6-4-2)37-62-50-49(60)47(58)45(56)41(66-50)38-63-51-48(59)46(57)44(55)40(35-52)65-51/h3,24,26,39-41,44-52,55-60H,1,4-23,25,27-38H2,2H3/b26-24+/t39-,40-,41-,44+,45+,46?,47?,48?,49?,50-,51-/m1/s1. The van der Waals surface area contributed by atoms with Gasteiger partial charge >= 0.3 is 11.9 Å². The van der Waals surface area contributed by atoms with Crippen molar-refractivity contribution in [3.63, 3.8) is 0 Å². The molecule has 2 fully saturated rings. The zero-order valence-corrected chi connectivity index (χ0v) is 40.5. The molecule has 0 aromatic rings. The van der Waals surface area contributed by atoms with Crippen LogP contribution in [0.4, 0.5) is 0 Å². The number of hydrogen-bond acceptors (Lipinski definition) is 15. The summed E-state index contributed by atoms with van der Waals surface area (Å²) in [4.78, 5) is 25.7. The molecule has 66 heavy (non-hydrogen) atoms. The van der Waals surface area contributed by atoms with Gasteiger partial charge in [0.15, 0.2) is 18.7 Å². The Morgan fingerprint density at radius 2 is 0.939 bits per heavy atom. The zero-order valence-electron chi connectivity index (χ0n) is 40.5. The van der Waals surface area contributed by atoms with E-state index in [-0.39, 0.29) is 26.1 Å². The highest BCUT2D eigenvalue weighted by molar-refractivity contribution is 5.70. The van der Waals surface area contributed by atoms with Crippen LogP contribution in [0.5, 0.6) is 0 Å².